The first-order valence-electron chi connectivity index (χ1n) is 4.54. The molecule has 0 unspecified atom stereocenters. The predicted molar refractivity (Wildman–Crippen MR) is 57.6 cm³/mol. The molecule has 4 nitrogen and oxygen atoms in total. The van der Waals surface area contributed by atoms with Gasteiger partial charge in [0.15, 0.2) is 11.5 Å². The minimum absolute atomic E-state index is 0.106. The predicted octanol–water partition coefficient (Wildman–Crippen LogP) is 1.41. The van der Waals surface area contributed by atoms with Gasteiger partial charge >= 0.3 is 0 Å². The summed E-state index contributed by atoms with van der Waals surface area (Å²) in [6.07, 6.45) is 0. The number of carbonyl (C=O) groups is 1. The highest BCUT2D eigenvalue weighted by Crippen LogP contribution is 2.30. The number of hydrogen-bond acceptors (Lipinski definition) is 3. The van der Waals surface area contributed by atoms with Gasteiger partial charge in [-0.3, -0.25) is 4.79 Å². The molecule has 0 spiro atoms. The molecule has 0 heterocycles. The van der Waals surface area contributed by atoms with E-state index >= 15 is 0 Å². The summed E-state index contributed by atoms with van der Waals surface area (Å²) in [5.41, 5.74) is 0.502. The van der Waals surface area contributed by atoms with E-state index in [0.717, 1.165) is 0 Å². The Hall–Kier alpha value is -1.71. The van der Waals surface area contributed by atoms with E-state index in [1.165, 1.54) is 12.0 Å². The average molecular weight is 209 g/mol. The number of hydrogen-bond donors (Lipinski definition) is 0. The molecule has 1 rings (SSSR count). The van der Waals surface area contributed by atoms with Crippen molar-refractivity contribution in [3.05, 3.63) is 23.8 Å². The Bertz CT molecular complexity index is 361. The van der Waals surface area contributed by atoms with Crippen LogP contribution >= 0.6 is 0 Å². The fraction of sp³-hybridized carbons (Fsp3) is 0.364. The van der Waals surface area contributed by atoms with Crippen LogP contribution in [0, 0.1) is 0 Å². The fourth-order valence-corrected chi connectivity index (χ4v) is 1.30. The SMILES string of the molecule is COc1cccc(C(=O)N(C)C)c1OC. The van der Waals surface area contributed by atoms with Crippen LogP contribution in [0.15, 0.2) is 18.2 Å². The first-order chi connectivity index (χ1) is 7.11. The zero-order chi connectivity index (χ0) is 11.4. The Morgan fingerprint density at radius 2 is 1.87 bits per heavy atom. The zero-order valence-corrected chi connectivity index (χ0v) is 9.40. The minimum atomic E-state index is -0.106. The normalized spacial score (nSPS) is 9.60. The highest BCUT2D eigenvalue weighted by atomic mass is 16.5. The molecule has 0 radical (unpaired) electrons. The fourth-order valence-electron chi connectivity index (χ4n) is 1.30. The summed E-state index contributed by atoms with van der Waals surface area (Å²) in [5, 5.41) is 0. The molecule has 0 aromatic heterocycles. The number of rotatable bonds is 3. The summed E-state index contributed by atoms with van der Waals surface area (Å²) in [4.78, 5) is 13.3. The number of amides is 1. The third-order valence-electron chi connectivity index (χ3n) is 2.04. The van der Waals surface area contributed by atoms with Crippen molar-refractivity contribution in [3.63, 3.8) is 0 Å². The van der Waals surface area contributed by atoms with E-state index in [-0.39, 0.29) is 5.91 Å². The molecular weight excluding hydrogens is 194 g/mol. The lowest BCUT2D eigenvalue weighted by molar-refractivity contribution is 0.0823. The molecule has 1 aromatic rings. The first-order valence-corrected chi connectivity index (χ1v) is 4.54. The van der Waals surface area contributed by atoms with Gasteiger partial charge in [-0.2, -0.15) is 0 Å². The van der Waals surface area contributed by atoms with Crippen LogP contribution < -0.4 is 9.47 Å². The highest BCUT2D eigenvalue weighted by Gasteiger charge is 2.17. The second-order valence-electron chi connectivity index (χ2n) is 3.24. The van der Waals surface area contributed by atoms with Gasteiger partial charge in [0.25, 0.3) is 5.91 Å². The molecule has 0 saturated heterocycles. The maximum absolute atomic E-state index is 11.8. The van der Waals surface area contributed by atoms with E-state index < -0.39 is 0 Å². The number of carbonyl (C=O) groups excluding carboxylic acids is 1. The van der Waals surface area contributed by atoms with Crippen molar-refractivity contribution in [2.24, 2.45) is 0 Å². The van der Waals surface area contributed by atoms with Crippen LogP contribution in [0.2, 0.25) is 0 Å². The van der Waals surface area contributed by atoms with Crippen LogP contribution in [-0.4, -0.2) is 39.1 Å². The molecule has 0 aliphatic rings. The van der Waals surface area contributed by atoms with Crippen LogP contribution in [0.25, 0.3) is 0 Å². The molecule has 1 aromatic carbocycles. The number of benzene rings is 1. The topological polar surface area (TPSA) is 38.8 Å². The lowest BCUT2D eigenvalue weighted by atomic mass is 10.1. The quantitative estimate of drug-likeness (QED) is 0.755. The van der Waals surface area contributed by atoms with Gasteiger partial charge in [0.05, 0.1) is 19.8 Å². The molecule has 0 bridgehead atoms. The molecule has 0 saturated carbocycles. The average Bonchev–Trinajstić information content (AvgIpc) is 2.26. The van der Waals surface area contributed by atoms with Gasteiger partial charge < -0.3 is 14.4 Å². The third kappa shape index (κ3) is 2.21. The van der Waals surface area contributed by atoms with Gasteiger partial charge in [0.1, 0.15) is 0 Å². The summed E-state index contributed by atoms with van der Waals surface area (Å²) in [6, 6.07) is 5.23. The van der Waals surface area contributed by atoms with Crippen LogP contribution in [-0.2, 0) is 0 Å². The number of para-hydroxylation sites is 1. The van der Waals surface area contributed by atoms with Crippen molar-refractivity contribution < 1.29 is 14.3 Å². The molecule has 4 heteroatoms. The zero-order valence-electron chi connectivity index (χ0n) is 9.40. The van der Waals surface area contributed by atoms with E-state index in [2.05, 4.69) is 0 Å². The van der Waals surface area contributed by atoms with Crippen molar-refractivity contribution >= 4 is 5.91 Å². The molecule has 82 valence electrons. The van der Waals surface area contributed by atoms with Gasteiger partial charge in [-0.25, -0.2) is 0 Å². The minimum Gasteiger partial charge on any atom is -0.493 e. The summed E-state index contributed by atoms with van der Waals surface area (Å²) in [7, 11) is 6.45. The first kappa shape index (κ1) is 11.4. The van der Waals surface area contributed by atoms with Gasteiger partial charge in [-0.15, -0.1) is 0 Å². The lowest BCUT2D eigenvalue weighted by Gasteiger charge is -2.15. The summed E-state index contributed by atoms with van der Waals surface area (Å²) < 4.78 is 10.3. The summed E-state index contributed by atoms with van der Waals surface area (Å²) >= 11 is 0. The summed E-state index contributed by atoms with van der Waals surface area (Å²) in [6.45, 7) is 0. The van der Waals surface area contributed by atoms with Crippen molar-refractivity contribution in [1.29, 1.82) is 0 Å². The van der Waals surface area contributed by atoms with Crippen molar-refractivity contribution in [1.82, 2.24) is 4.90 Å². The molecule has 1 amide bonds. The second-order valence-corrected chi connectivity index (χ2v) is 3.24. The molecule has 0 aliphatic heterocycles. The van der Waals surface area contributed by atoms with Crippen LogP contribution in [0.5, 0.6) is 11.5 Å². The van der Waals surface area contributed by atoms with Gasteiger partial charge in [0, 0.05) is 14.1 Å². The van der Waals surface area contributed by atoms with Crippen molar-refractivity contribution in [2.45, 2.75) is 0 Å². The number of methoxy groups -OCH3 is 2. The summed E-state index contributed by atoms with van der Waals surface area (Å²) in [5.74, 6) is 0.926. The monoisotopic (exact) mass is 209 g/mol. The number of nitrogens with zero attached hydrogens (tertiary/aromatic N) is 1. The highest BCUT2D eigenvalue weighted by molar-refractivity contribution is 5.97. The Balaban J connectivity index is 3.23. The molecule has 0 fully saturated rings. The van der Waals surface area contributed by atoms with Crippen molar-refractivity contribution in [3.8, 4) is 11.5 Å². The Morgan fingerprint density at radius 1 is 1.20 bits per heavy atom. The van der Waals surface area contributed by atoms with Crippen molar-refractivity contribution in [2.75, 3.05) is 28.3 Å². The standard InChI is InChI=1S/C11H15NO3/c1-12(2)11(13)8-6-5-7-9(14-3)10(8)15-4/h5-7H,1-4H3. The van der Waals surface area contributed by atoms with E-state index in [9.17, 15) is 4.79 Å². The largest absolute Gasteiger partial charge is 0.493 e. The van der Waals surface area contributed by atoms with Gasteiger partial charge in [0.2, 0.25) is 0 Å². The second kappa shape index (κ2) is 4.68. The smallest absolute Gasteiger partial charge is 0.257 e. The Kier molecular flexibility index (Phi) is 3.55. The van der Waals surface area contributed by atoms with Crippen LogP contribution in [0.4, 0.5) is 0 Å². The molecule has 0 atom stereocenters. The van der Waals surface area contributed by atoms with Gasteiger partial charge in [-0.1, -0.05) is 6.07 Å². The lowest BCUT2D eigenvalue weighted by Crippen LogP contribution is -2.22. The molecule has 0 N–H and O–H groups in total. The molecular formula is C11H15NO3. The Labute approximate surface area is 89.4 Å². The van der Waals surface area contributed by atoms with Gasteiger partial charge in [-0.05, 0) is 12.1 Å². The van der Waals surface area contributed by atoms with Crippen LogP contribution in [0.3, 0.4) is 0 Å². The molecule has 0 aliphatic carbocycles. The van der Waals surface area contributed by atoms with E-state index in [4.69, 9.17) is 9.47 Å². The number of ether oxygens (including phenoxy) is 2. The van der Waals surface area contributed by atoms with Crippen LogP contribution in [0.1, 0.15) is 10.4 Å². The maximum Gasteiger partial charge on any atom is 0.257 e. The van der Waals surface area contributed by atoms with E-state index in [1.807, 2.05) is 0 Å². The molecule has 15 heavy (non-hydrogen) atoms. The maximum atomic E-state index is 11.8. The Morgan fingerprint density at radius 3 is 2.33 bits per heavy atom. The third-order valence-corrected chi connectivity index (χ3v) is 2.04. The van der Waals surface area contributed by atoms with E-state index in [1.54, 1.807) is 39.4 Å². The van der Waals surface area contributed by atoms with E-state index in [0.29, 0.717) is 17.1 Å².